The van der Waals surface area contributed by atoms with Gasteiger partial charge in [-0.15, -0.1) is 0 Å². The average molecular weight is 466 g/mol. The number of aliphatic hydroxyl groups excluding tert-OH is 1. The molecule has 0 aliphatic carbocycles. The number of rotatable bonds is 12. The van der Waals surface area contributed by atoms with Crippen molar-refractivity contribution in [2.75, 3.05) is 19.8 Å². The molecule has 2 aromatic rings. The molecule has 1 aliphatic heterocycles. The minimum Gasteiger partial charge on any atom is -0.507 e. The summed E-state index contributed by atoms with van der Waals surface area (Å²) in [5.41, 5.74) is 1.31. The van der Waals surface area contributed by atoms with E-state index in [2.05, 4.69) is 6.92 Å². The van der Waals surface area contributed by atoms with E-state index in [1.54, 1.807) is 24.3 Å². The second-order valence-electron chi connectivity index (χ2n) is 8.49. The largest absolute Gasteiger partial charge is 0.507 e. The van der Waals surface area contributed by atoms with Gasteiger partial charge in [-0.25, -0.2) is 0 Å². The van der Waals surface area contributed by atoms with E-state index in [4.69, 9.17) is 9.47 Å². The highest BCUT2D eigenvalue weighted by molar-refractivity contribution is 6.46. The van der Waals surface area contributed by atoms with Crippen LogP contribution in [0.25, 0.3) is 5.76 Å². The van der Waals surface area contributed by atoms with E-state index in [0.29, 0.717) is 43.2 Å². The first kappa shape index (κ1) is 25.3. The summed E-state index contributed by atoms with van der Waals surface area (Å²) >= 11 is 0. The number of unbranched alkanes of at least 4 members (excludes halogenated alkanes) is 2. The molecule has 1 heterocycles. The zero-order chi connectivity index (χ0) is 24.5. The van der Waals surface area contributed by atoms with Gasteiger partial charge in [0.1, 0.15) is 17.3 Å². The number of nitrogens with zero attached hydrogens (tertiary/aromatic N) is 1. The third-order valence-electron chi connectivity index (χ3n) is 5.80. The Bertz CT molecular complexity index is 1010. The summed E-state index contributed by atoms with van der Waals surface area (Å²) in [6, 6.07) is 13.7. The summed E-state index contributed by atoms with van der Waals surface area (Å²) in [5, 5.41) is 11.2. The molecule has 3 rings (SSSR count). The molecule has 0 radical (unpaired) electrons. The Morgan fingerprint density at radius 1 is 0.882 bits per heavy atom. The fraction of sp³-hybridized carbons (Fsp3) is 0.429. The molecule has 0 aromatic heterocycles. The molecule has 182 valence electrons. The van der Waals surface area contributed by atoms with Crippen LogP contribution in [0.15, 0.2) is 54.1 Å². The zero-order valence-corrected chi connectivity index (χ0v) is 20.4. The molecule has 6 heteroatoms. The van der Waals surface area contributed by atoms with Crippen LogP contribution in [0, 0.1) is 0 Å². The topological polar surface area (TPSA) is 76.1 Å². The van der Waals surface area contributed by atoms with Gasteiger partial charge < -0.3 is 19.5 Å². The minimum absolute atomic E-state index is 0.0997. The Balaban J connectivity index is 1.96. The molecule has 1 unspecified atom stereocenters. The highest BCUT2D eigenvalue weighted by atomic mass is 16.5. The van der Waals surface area contributed by atoms with Gasteiger partial charge >= 0.3 is 0 Å². The quantitative estimate of drug-likeness (QED) is 0.183. The Kier molecular flexibility index (Phi) is 9.14. The van der Waals surface area contributed by atoms with E-state index in [9.17, 15) is 14.7 Å². The van der Waals surface area contributed by atoms with E-state index in [-0.39, 0.29) is 11.3 Å². The molecule has 1 N–H and O–H groups in total. The molecule has 1 aliphatic rings. The predicted octanol–water partition coefficient (Wildman–Crippen LogP) is 5.88. The minimum atomic E-state index is -0.671. The number of ether oxygens (including phenoxy) is 2. The molecule has 1 atom stereocenters. The van der Waals surface area contributed by atoms with Crippen LogP contribution in [0.4, 0.5) is 0 Å². The molecule has 2 aromatic carbocycles. The van der Waals surface area contributed by atoms with Gasteiger partial charge in [-0.1, -0.05) is 45.7 Å². The summed E-state index contributed by atoms with van der Waals surface area (Å²) in [6.07, 6.45) is 4.79. The van der Waals surface area contributed by atoms with Gasteiger partial charge in [0.15, 0.2) is 0 Å². The number of hydrogen-bond donors (Lipinski definition) is 1. The van der Waals surface area contributed by atoms with E-state index < -0.39 is 17.7 Å². The van der Waals surface area contributed by atoms with Crippen molar-refractivity contribution >= 4 is 17.4 Å². The maximum absolute atomic E-state index is 13.1. The van der Waals surface area contributed by atoms with Gasteiger partial charge in [-0.3, -0.25) is 9.59 Å². The Morgan fingerprint density at radius 2 is 1.62 bits per heavy atom. The maximum atomic E-state index is 13.1. The first-order chi connectivity index (χ1) is 16.5. The molecule has 0 saturated carbocycles. The molecule has 0 spiro atoms. The fourth-order valence-electron chi connectivity index (χ4n) is 4.10. The Labute approximate surface area is 202 Å². The third-order valence-corrected chi connectivity index (χ3v) is 5.80. The van der Waals surface area contributed by atoms with Crippen LogP contribution in [0.5, 0.6) is 11.5 Å². The summed E-state index contributed by atoms with van der Waals surface area (Å²) in [5.74, 6) is -0.0679. The Morgan fingerprint density at radius 3 is 2.29 bits per heavy atom. The average Bonchev–Trinajstić information content (AvgIpc) is 3.11. The van der Waals surface area contributed by atoms with Crippen LogP contribution >= 0.6 is 0 Å². The zero-order valence-electron chi connectivity index (χ0n) is 20.4. The van der Waals surface area contributed by atoms with E-state index in [1.807, 2.05) is 38.1 Å². The lowest BCUT2D eigenvalue weighted by Crippen LogP contribution is -2.30. The Hall–Kier alpha value is -3.28. The first-order valence-electron chi connectivity index (χ1n) is 12.3. The number of carbonyl (C=O) groups is 2. The molecular formula is C28H35NO5. The highest BCUT2D eigenvalue weighted by Crippen LogP contribution is 2.40. The van der Waals surface area contributed by atoms with Gasteiger partial charge in [0.05, 0.1) is 24.8 Å². The summed E-state index contributed by atoms with van der Waals surface area (Å²) in [6.45, 7) is 7.75. The van der Waals surface area contributed by atoms with Crippen LogP contribution < -0.4 is 9.47 Å². The monoisotopic (exact) mass is 465 g/mol. The highest BCUT2D eigenvalue weighted by Gasteiger charge is 2.45. The van der Waals surface area contributed by atoms with Gasteiger partial charge in [0, 0.05) is 12.1 Å². The van der Waals surface area contributed by atoms with Crippen LogP contribution in [0.3, 0.4) is 0 Å². The van der Waals surface area contributed by atoms with Crippen molar-refractivity contribution in [3.63, 3.8) is 0 Å². The molecular weight excluding hydrogens is 430 g/mol. The number of benzene rings is 2. The standard InChI is InChI=1S/C28H35NO5/c1-4-7-8-18-34-22-14-12-20(13-15-22)26(30)24-25(29(16-5-2)28(32)27(24)31)21-10-9-11-23(19-21)33-17-6-3/h9-15,19,25,30H,4-8,16-18H2,1-3H3/b26-24-. The van der Waals surface area contributed by atoms with Gasteiger partial charge in [-0.2, -0.15) is 0 Å². The molecule has 1 amide bonds. The van der Waals surface area contributed by atoms with Crippen LogP contribution in [-0.4, -0.2) is 41.5 Å². The van der Waals surface area contributed by atoms with E-state index in [1.165, 1.54) is 4.90 Å². The van der Waals surface area contributed by atoms with Gasteiger partial charge in [0.25, 0.3) is 11.7 Å². The molecule has 1 fully saturated rings. The number of ketones is 1. The lowest BCUT2D eigenvalue weighted by molar-refractivity contribution is -0.139. The summed E-state index contributed by atoms with van der Waals surface area (Å²) in [4.78, 5) is 27.5. The maximum Gasteiger partial charge on any atom is 0.295 e. The summed E-state index contributed by atoms with van der Waals surface area (Å²) < 4.78 is 11.5. The van der Waals surface area contributed by atoms with Crippen LogP contribution in [-0.2, 0) is 9.59 Å². The van der Waals surface area contributed by atoms with Gasteiger partial charge in [0.2, 0.25) is 0 Å². The summed E-state index contributed by atoms with van der Waals surface area (Å²) in [7, 11) is 0. The third kappa shape index (κ3) is 5.79. The van der Waals surface area contributed by atoms with E-state index >= 15 is 0 Å². The lowest BCUT2D eigenvalue weighted by atomic mass is 9.95. The van der Waals surface area contributed by atoms with Crippen molar-refractivity contribution in [1.82, 2.24) is 4.90 Å². The van der Waals surface area contributed by atoms with Crippen molar-refractivity contribution in [2.45, 2.75) is 58.9 Å². The van der Waals surface area contributed by atoms with E-state index in [0.717, 1.165) is 31.2 Å². The fourth-order valence-corrected chi connectivity index (χ4v) is 4.10. The molecule has 1 saturated heterocycles. The second kappa shape index (κ2) is 12.3. The first-order valence-corrected chi connectivity index (χ1v) is 12.3. The SMILES string of the molecule is CCCCCOc1ccc(/C(O)=C2/C(=O)C(=O)N(CCC)C2c2cccc(OCCC)c2)cc1. The number of hydrogen-bond acceptors (Lipinski definition) is 5. The van der Waals surface area contributed by atoms with Crippen LogP contribution in [0.2, 0.25) is 0 Å². The number of amides is 1. The smallest absolute Gasteiger partial charge is 0.295 e. The predicted molar refractivity (Wildman–Crippen MR) is 133 cm³/mol. The van der Waals surface area contributed by atoms with Gasteiger partial charge in [-0.05, 0) is 61.2 Å². The van der Waals surface area contributed by atoms with Crippen molar-refractivity contribution in [2.24, 2.45) is 0 Å². The number of carbonyl (C=O) groups excluding carboxylic acids is 2. The normalized spacial score (nSPS) is 17.3. The molecule has 34 heavy (non-hydrogen) atoms. The molecule has 0 bridgehead atoms. The number of Topliss-reactive ketones (excluding diaryl/α,β-unsaturated/α-hetero) is 1. The molecule has 6 nitrogen and oxygen atoms in total. The number of aliphatic hydroxyl groups is 1. The number of likely N-dealkylation sites (tertiary alicyclic amines) is 1. The van der Waals surface area contributed by atoms with Crippen molar-refractivity contribution in [3.05, 3.63) is 65.2 Å². The van der Waals surface area contributed by atoms with Crippen LogP contribution in [0.1, 0.15) is 70.0 Å². The van der Waals surface area contributed by atoms with Crippen molar-refractivity contribution in [3.8, 4) is 11.5 Å². The second-order valence-corrected chi connectivity index (χ2v) is 8.49. The lowest BCUT2D eigenvalue weighted by Gasteiger charge is -2.25. The van der Waals surface area contributed by atoms with Crippen molar-refractivity contribution in [1.29, 1.82) is 0 Å². The van der Waals surface area contributed by atoms with Crippen molar-refractivity contribution < 1.29 is 24.2 Å².